The number of halogens is 1. The van der Waals surface area contributed by atoms with E-state index in [2.05, 4.69) is 5.32 Å². The van der Waals surface area contributed by atoms with Crippen molar-refractivity contribution in [1.82, 2.24) is 5.32 Å². The fraction of sp³-hybridized carbons (Fsp3) is 0.571. The summed E-state index contributed by atoms with van der Waals surface area (Å²) in [5, 5.41) is 3.16. The molecule has 0 heterocycles. The van der Waals surface area contributed by atoms with Crippen molar-refractivity contribution in [3.8, 4) is 5.75 Å². The van der Waals surface area contributed by atoms with Crippen LogP contribution in [0.2, 0.25) is 0 Å². The largest absolute Gasteiger partial charge is 0.494 e. The average Bonchev–Trinajstić information content (AvgIpc) is 2.26. The second-order valence-corrected chi connectivity index (χ2v) is 5.10. The lowest BCUT2D eigenvalue weighted by Gasteiger charge is -2.22. The monoisotopic (exact) mass is 239 g/mol. The van der Waals surface area contributed by atoms with E-state index in [1.54, 1.807) is 12.1 Å². The van der Waals surface area contributed by atoms with Crippen molar-refractivity contribution in [3.63, 3.8) is 0 Å². The Morgan fingerprint density at radius 3 is 2.65 bits per heavy atom. The van der Waals surface area contributed by atoms with Crippen molar-refractivity contribution in [1.29, 1.82) is 0 Å². The standard InChI is InChI=1S/C14H22FNO/c1-5-17-12-8-6-7-11(9-12)13(15)10-16-14(2,3)4/h6-9,13,16H,5,10H2,1-4H3. The van der Waals surface area contributed by atoms with E-state index in [0.29, 0.717) is 18.7 Å². The van der Waals surface area contributed by atoms with Gasteiger partial charge in [0.15, 0.2) is 0 Å². The van der Waals surface area contributed by atoms with Crippen LogP contribution >= 0.6 is 0 Å². The van der Waals surface area contributed by atoms with E-state index >= 15 is 0 Å². The van der Waals surface area contributed by atoms with Gasteiger partial charge < -0.3 is 10.1 Å². The van der Waals surface area contributed by atoms with Gasteiger partial charge in [0.2, 0.25) is 0 Å². The fourth-order valence-corrected chi connectivity index (χ4v) is 1.48. The summed E-state index contributed by atoms with van der Waals surface area (Å²) < 4.78 is 19.3. The lowest BCUT2D eigenvalue weighted by molar-refractivity contribution is 0.289. The topological polar surface area (TPSA) is 21.3 Å². The first-order valence-electron chi connectivity index (χ1n) is 6.04. The van der Waals surface area contributed by atoms with Crippen molar-refractivity contribution in [2.75, 3.05) is 13.2 Å². The molecule has 0 saturated carbocycles. The Hall–Kier alpha value is -1.09. The summed E-state index contributed by atoms with van der Waals surface area (Å²) in [6, 6.07) is 7.22. The van der Waals surface area contributed by atoms with Crippen LogP contribution in [0.25, 0.3) is 0 Å². The second kappa shape index (κ2) is 6.01. The van der Waals surface area contributed by atoms with Crippen molar-refractivity contribution >= 4 is 0 Å². The third kappa shape index (κ3) is 5.18. The van der Waals surface area contributed by atoms with Crippen LogP contribution < -0.4 is 10.1 Å². The van der Waals surface area contributed by atoms with Gasteiger partial charge in [-0.3, -0.25) is 0 Å². The number of ether oxygens (including phenoxy) is 1. The molecule has 0 aliphatic rings. The summed E-state index contributed by atoms with van der Waals surface area (Å²) in [7, 11) is 0. The van der Waals surface area contributed by atoms with Gasteiger partial charge in [-0.15, -0.1) is 0 Å². The van der Waals surface area contributed by atoms with Crippen LogP contribution in [0, 0.1) is 0 Å². The zero-order chi connectivity index (χ0) is 12.9. The van der Waals surface area contributed by atoms with Gasteiger partial charge in [-0.05, 0) is 45.4 Å². The number of rotatable bonds is 5. The number of nitrogens with one attached hydrogen (secondary N) is 1. The smallest absolute Gasteiger partial charge is 0.138 e. The lowest BCUT2D eigenvalue weighted by Crippen LogP contribution is -2.37. The highest BCUT2D eigenvalue weighted by molar-refractivity contribution is 5.30. The summed E-state index contributed by atoms with van der Waals surface area (Å²) in [6.45, 7) is 8.91. The highest BCUT2D eigenvalue weighted by Gasteiger charge is 2.15. The van der Waals surface area contributed by atoms with Gasteiger partial charge in [0.05, 0.1) is 6.61 Å². The van der Waals surface area contributed by atoms with E-state index in [-0.39, 0.29) is 5.54 Å². The van der Waals surface area contributed by atoms with Crippen LogP contribution in [-0.2, 0) is 0 Å². The van der Waals surface area contributed by atoms with E-state index in [9.17, 15) is 4.39 Å². The van der Waals surface area contributed by atoms with Crippen LogP contribution in [0.3, 0.4) is 0 Å². The summed E-state index contributed by atoms with van der Waals surface area (Å²) in [5.41, 5.74) is 0.592. The molecule has 1 unspecified atom stereocenters. The maximum absolute atomic E-state index is 14.0. The van der Waals surface area contributed by atoms with E-state index in [1.807, 2.05) is 39.8 Å². The Labute approximate surface area is 103 Å². The first-order valence-corrected chi connectivity index (χ1v) is 6.04. The third-order valence-electron chi connectivity index (χ3n) is 2.34. The van der Waals surface area contributed by atoms with Gasteiger partial charge in [-0.25, -0.2) is 4.39 Å². The molecular formula is C14H22FNO. The van der Waals surface area contributed by atoms with Crippen molar-refractivity contribution in [2.24, 2.45) is 0 Å². The summed E-state index contributed by atoms with van der Waals surface area (Å²) in [4.78, 5) is 0. The summed E-state index contributed by atoms with van der Waals surface area (Å²) in [6.07, 6.45) is -1.00. The summed E-state index contributed by atoms with van der Waals surface area (Å²) >= 11 is 0. The van der Waals surface area contributed by atoms with E-state index in [0.717, 1.165) is 5.75 Å². The SMILES string of the molecule is CCOc1cccc(C(F)CNC(C)(C)C)c1. The maximum atomic E-state index is 14.0. The number of alkyl halides is 1. The summed E-state index contributed by atoms with van der Waals surface area (Å²) in [5.74, 6) is 0.725. The molecule has 0 radical (unpaired) electrons. The molecule has 0 bridgehead atoms. The van der Waals surface area contributed by atoms with Crippen LogP contribution in [0.5, 0.6) is 5.75 Å². The van der Waals surface area contributed by atoms with Crippen molar-refractivity contribution in [3.05, 3.63) is 29.8 Å². The molecule has 0 aliphatic carbocycles. The quantitative estimate of drug-likeness (QED) is 0.849. The minimum Gasteiger partial charge on any atom is -0.494 e. The van der Waals surface area contributed by atoms with Gasteiger partial charge in [0.25, 0.3) is 0 Å². The Kier molecular flexibility index (Phi) is 4.94. The minimum absolute atomic E-state index is 0.0676. The molecule has 0 fully saturated rings. The van der Waals surface area contributed by atoms with Crippen molar-refractivity contribution < 1.29 is 9.13 Å². The number of hydrogen-bond donors (Lipinski definition) is 1. The van der Waals surface area contributed by atoms with Gasteiger partial charge in [-0.2, -0.15) is 0 Å². The number of benzene rings is 1. The molecule has 1 rings (SSSR count). The molecule has 0 aromatic heterocycles. The molecule has 1 atom stereocenters. The Morgan fingerprint density at radius 2 is 2.06 bits per heavy atom. The molecule has 0 spiro atoms. The van der Waals surface area contributed by atoms with Crippen molar-refractivity contribution in [2.45, 2.75) is 39.4 Å². The molecule has 1 aromatic rings. The lowest BCUT2D eigenvalue weighted by atomic mass is 10.1. The molecule has 1 N–H and O–H groups in total. The van der Waals surface area contributed by atoms with E-state index in [1.165, 1.54) is 0 Å². The van der Waals surface area contributed by atoms with Gasteiger partial charge in [0, 0.05) is 12.1 Å². The molecule has 1 aromatic carbocycles. The highest BCUT2D eigenvalue weighted by Crippen LogP contribution is 2.22. The molecule has 3 heteroatoms. The Balaban J connectivity index is 2.62. The van der Waals surface area contributed by atoms with Gasteiger partial charge in [-0.1, -0.05) is 12.1 Å². The predicted molar refractivity (Wildman–Crippen MR) is 69.2 cm³/mol. The molecule has 0 aliphatic heterocycles. The van der Waals surface area contributed by atoms with Gasteiger partial charge in [0.1, 0.15) is 11.9 Å². The maximum Gasteiger partial charge on any atom is 0.138 e. The fourth-order valence-electron chi connectivity index (χ4n) is 1.48. The molecule has 0 amide bonds. The molecule has 17 heavy (non-hydrogen) atoms. The molecule has 2 nitrogen and oxygen atoms in total. The van der Waals surface area contributed by atoms with E-state index in [4.69, 9.17) is 4.74 Å². The van der Waals surface area contributed by atoms with Crippen LogP contribution in [0.15, 0.2) is 24.3 Å². The van der Waals surface area contributed by atoms with Crippen LogP contribution in [0.1, 0.15) is 39.4 Å². The van der Waals surface area contributed by atoms with Crippen LogP contribution in [0.4, 0.5) is 4.39 Å². The first kappa shape index (κ1) is 14.0. The Bertz CT molecular complexity index is 346. The first-order chi connectivity index (χ1) is 7.92. The average molecular weight is 239 g/mol. The zero-order valence-corrected chi connectivity index (χ0v) is 11.1. The highest BCUT2D eigenvalue weighted by atomic mass is 19.1. The minimum atomic E-state index is -1.00. The van der Waals surface area contributed by atoms with E-state index < -0.39 is 6.17 Å². The zero-order valence-electron chi connectivity index (χ0n) is 11.1. The third-order valence-corrected chi connectivity index (χ3v) is 2.34. The normalized spacial score (nSPS) is 13.5. The van der Waals surface area contributed by atoms with Gasteiger partial charge >= 0.3 is 0 Å². The number of hydrogen-bond acceptors (Lipinski definition) is 2. The molecular weight excluding hydrogens is 217 g/mol. The Morgan fingerprint density at radius 1 is 1.35 bits per heavy atom. The second-order valence-electron chi connectivity index (χ2n) is 5.10. The molecule has 0 saturated heterocycles. The molecule has 96 valence electrons. The predicted octanol–water partition coefficient (Wildman–Crippen LogP) is 3.48. The van der Waals surface area contributed by atoms with Crippen LogP contribution in [-0.4, -0.2) is 18.7 Å².